The van der Waals surface area contributed by atoms with Gasteiger partial charge in [0.05, 0.1) is 21.4 Å². The second-order valence-electron chi connectivity index (χ2n) is 4.94. The van der Waals surface area contributed by atoms with Crippen LogP contribution in [-0.2, 0) is 9.59 Å². The van der Waals surface area contributed by atoms with Gasteiger partial charge in [-0.1, -0.05) is 23.2 Å². The van der Waals surface area contributed by atoms with Gasteiger partial charge in [0, 0.05) is 7.05 Å². The van der Waals surface area contributed by atoms with Crippen LogP contribution >= 0.6 is 23.2 Å². The van der Waals surface area contributed by atoms with Crippen LogP contribution in [0.25, 0.3) is 0 Å². The number of benzene rings is 1. The van der Waals surface area contributed by atoms with Gasteiger partial charge in [0.1, 0.15) is 0 Å². The second-order valence-corrected chi connectivity index (χ2v) is 5.75. The molecule has 1 atom stereocenters. The number of imide groups is 2. The summed E-state index contributed by atoms with van der Waals surface area (Å²) >= 11 is 11.9. The number of aliphatic hydroxyl groups excluding tert-OH is 1. The van der Waals surface area contributed by atoms with Gasteiger partial charge in [0.25, 0.3) is 11.8 Å². The number of anilines is 2. The van der Waals surface area contributed by atoms with E-state index in [9.17, 15) is 19.5 Å². The van der Waals surface area contributed by atoms with Crippen LogP contribution in [0.3, 0.4) is 0 Å². The van der Waals surface area contributed by atoms with E-state index in [0.29, 0.717) is 11.4 Å². The molecule has 2 aliphatic rings. The van der Waals surface area contributed by atoms with Crippen molar-refractivity contribution in [2.24, 2.45) is 0 Å². The molecule has 2 aliphatic heterocycles. The highest BCUT2D eigenvalue weighted by atomic mass is 35.5. The zero-order chi connectivity index (χ0) is 16.2. The number of urea groups is 1. The summed E-state index contributed by atoms with van der Waals surface area (Å²) < 4.78 is 0. The average molecular weight is 345 g/mol. The molecule has 1 fully saturated rings. The van der Waals surface area contributed by atoms with Crippen LogP contribution in [0.15, 0.2) is 12.1 Å². The van der Waals surface area contributed by atoms with E-state index in [-0.39, 0.29) is 10.0 Å². The van der Waals surface area contributed by atoms with E-state index in [1.165, 1.54) is 24.1 Å². The third kappa shape index (κ3) is 1.84. The van der Waals surface area contributed by atoms with Crippen LogP contribution in [-0.4, -0.2) is 41.8 Å². The molecule has 4 amide bonds. The Balaban J connectivity index is 2.16. The lowest BCUT2D eigenvalue weighted by Crippen LogP contribution is -2.78. The van der Waals surface area contributed by atoms with Crippen molar-refractivity contribution in [1.82, 2.24) is 10.6 Å². The number of amides is 4. The lowest BCUT2D eigenvalue weighted by Gasteiger charge is -2.47. The molecule has 1 saturated heterocycles. The molecule has 8 nitrogen and oxygen atoms in total. The fraction of sp³-hybridized carbons (Fsp3) is 0.250. The van der Waals surface area contributed by atoms with Crippen molar-refractivity contribution in [3.63, 3.8) is 0 Å². The maximum Gasteiger partial charge on any atom is 0.328 e. The smallest absolute Gasteiger partial charge is 0.328 e. The zero-order valence-electron chi connectivity index (χ0n) is 11.1. The largest absolute Gasteiger partial charge is 0.370 e. The first-order valence-corrected chi connectivity index (χ1v) is 6.88. The highest BCUT2D eigenvalue weighted by molar-refractivity contribution is 6.42. The van der Waals surface area contributed by atoms with Crippen molar-refractivity contribution >= 4 is 52.4 Å². The first kappa shape index (κ1) is 14.9. The summed E-state index contributed by atoms with van der Waals surface area (Å²) in [7, 11) is 1.48. The van der Waals surface area contributed by atoms with Crippen LogP contribution in [0, 0.1) is 0 Å². The summed E-state index contributed by atoms with van der Waals surface area (Å²) in [6.07, 6.45) is -1.56. The number of fused-ring (bicyclic) bond motifs is 1. The van der Waals surface area contributed by atoms with E-state index in [1.54, 1.807) is 0 Å². The number of aliphatic hydroxyl groups is 1. The predicted molar refractivity (Wildman–Crippen MR) is 78.9 cm³/mol. The Morgan fingerprint density at radius 1 is 1.14 bits per heavy atom. The molecule has 0 aromatic heterocycles. The molecule has 22 heavy (non-hydrogen) atoms. The molecule has 3 rings (SSSR count). The normalized spacial score (nSPS) is 22.8. The number of nitrogens with one attached hydrogen (secondary N) is 3. The Hall–Kier alpha value is -2.03. The van der Waals surface area contributed by atoms with Gasteiger partial charge in [-0.25, -0.2) is 4.79 Å². The first-order valence-electron chi connectivity index (χ1n) is 6.12. The lowest BCUT2D eigenvalue weighted by atomic mass is 9.89. The molecule has 1 spiro atoms. The van der Waals surface area contributed by atoms with Gasteiger partial charge in [-0.2, -0.15) is 0 Å². The minimum atomic E-state index is -2.08. The third-order valence-electron chi connectivity index (χ3n) is 3.68. The third-order valence-corrected chi connectivity index (χ3v) is 4.40. The summed E-state index contributed by atoms with van der Waals surface area (Å²) in [6, 6.07) is 1.98. The van der Waals surface area contributed by atoms with Gasteiger partial charge in [-0.05, 0) is 12.1 Å². The van der Waals surface area contributed by atoms with Crippen molar-refractivity contribution in [2.75, 3.05) is 17.3 Å². The molecule has 2 heterocycles. The molecular weight excluding hydrogens is 335 g/mol. The summed E-state index contributed by atoms with van der Waals surface area (Å²) in [5.41, 5.74) is -1.31. The van der Waals surface area contributed by atoms with E-state index < -0.39 is 29.6 Å². The van der Waals surface area contributed by atoms with E-state index in [1.807, 2.05) is 10.6 Å². The van der Waals surface area contributed by atoms with E-state index in [4.69, 9.17) is 23.2 Å². The molecule has 0 aliphatic carbocycles. The highest BCUT2D eigenvalue weighted by Crippen LogP contribution is 2.41. The summed E-state index contributed by atoms with van der Waals surface area (Å²) in [5, 5.41) is 17.5. The minimum Gasteiger partial charge on any atom is -0.370 e. The topological polar surface area (TPSA) is 111 Å². The molecule has 0 radical (unpaired) electrons. The van der Waals surface area contributed by atoms with Gasteiger partial charge in [0.15, 0.2) is 6.23 Å². The molecule has 0 bridgehead atoms. The number of carbonyl (C=O) groups is 3. The fourth-order valence-corrected chi connectivity index (χ4v) is 2.83. The lowest BCUT2D eigenvalue weighted by molar-refractivity contribution is -0.141. The maximum absolute atomic E-state index is 12.2. The number of nitrogens with zero attached hydrogens (tertiary/aromatic N) is 1. The van der Waals surface area contributed by atoms with Gasteiger partial charge in [-0.15, -0.1) is 0 Å². The zero-order valence-corrected chi connectivity index (χ0v) is 12.6. The molecule has 116 valence electrons. The number of likely N-dealkylation sites (N-methyl/N-ethyl adjacent to an activating group) is 1. The Kier molecular flexibility index (Phi) is 3.20. The summed E-state index contributed by atoms with van der Waals surface area (Å²) in [5.74, 6) is -1.92. The molecule has 0 saturated carbocycles. The van der Waals surface area contributed by atoms with Crippen molar-refractivity contribution in [3.8, 4) is 0 Å². The van der Waals surface area contributed by atoms with Crippen LogP contribution < -0.4 is 20.9 Å². The monoisotopic (exact) mass is 344 g/mol. The van der Waals surface area contributed by atoms with Gasteiger partial charge in [-0.3, -0.25) is 20.2 Å². The number of rotatable bonds is 0. The molecule has 1 unspecified atom stereocenters. The van der Waals surface area contributed by atoms with E-state index in [0.717, 1.165) is 0 Å². The van der Waals surface area contributed by atoms with Crippen LogP contribution in [0.4, 0.5) is 16.2 Å². The number of hydrogen-bond acceptors (Lipinski definition) is 6. The van der Waals surface area contributed by atoms with Crippen LogP contribution in [0.2, 0.25) is 10.0 Å². The molecule has 1 aromatic carbocycles. The van der Waals surface area contributed by atoms with Crippen LogP contribution in [0.5, 0.6) is 0 Å². The minimum absolute atomic E-state index is 0.209. The molecular formula is C12H10Cl2N4O4. The summed E-state index contributed by atoms with van der Waals surface area (Å²) in [6.45, 7) is 0. The Labute approximate surface area is 134 Å². The van der Waals surface area contributed by atoms with E-state index >= 15 is 0 Å². The molecule has 4 N–H and O–H groups in total. The maximum atomic E-state index is 12.2. The Morgan fingerprint density at radius 3 is 2.27 bits per heavy atom. The van der Waals surface area contributed by atoms with Crippen molar-refractivity contribution in [2.45, 2.75) is 11.8 Å². The van der Waals surface area contributed by atoms with Gasteiger partial charge >= 0.3 is 6.03 Å². The number of carbonyl (C=O) groups excluding carboxylic acids is 3. The van der Waals surface area contributed by atoms with Crippen molar-refractivity contribution in [3.05, 3.63) is 22.2 Å². The standard InChI is InChI=1S/C12H10Cl2N4O4/c1-18-7-3-5(14)4(13)2-6(7)17-12(10(18)21)8(19)15-11(22)16-9(12)20/h2-3,10,17,21H,1H3,(H2,15,16,19,20,22). The first-order chi connectivity index (χ1) is 10.3. The van der Waals surface area contributed by atoms with Crippen LogP contribution in [0.1, 0.15) is 0 Å². The van der Waals surface area contributed by atoms with Gasteiger partial charge < -0.3 is 15.3 Å². The summed E-state index contributed by atoms with van der Waals surface area (Å²) in [4.78, 5) is 36.9. The highest BCUT2D eigenvalue weighted by Gasteiger charge is 2.59. The number of barbiturate groups is 1. The predicted octanol–water partition coefficient (Wildman–Crippen LogP) is 0.278. The fourth-order valence-electron chi connectivity index (χ4n) is 2.51. The van der Waals surface area contributed by atoms with Gasteiger partial charge in [0.2, 0.25) is 5.54 Å². The Bertz CT molecular complexity index is 703. The van der Waals surface area contributed by atoms with Crippen molar-refractivity contribution < 1.29 is 19.5 Å². The number of hydrogen-bond donors (Lipinski definition) is 4. The molecule has 1 aromatic rings. The van der Waals surface area contributed by atoms with Crippen molar-refractivity contribution in [1.29, 1.82) is 0 Å². The molecule has 10 heteroatoms. The second kappa shape index (κ2) is 4.73. The Morgan fingerprint density at radius 2 is 1.68 bits per heavy atom. The quantitative estimate of drug-likeness (QED) is 0.503. The average Bonchev–Trinajstić information content (AvgIpc) is 2.43. The van der Waals surface area contributed by atoms with E-state index in [2.05, 4.69) is 5.32 Å². The SMILES string of the molecule is CN1c2cc(Cl)c(Cl)cc2NC2(C(=O)NC(=O)NC2=O)C1O. The number of halogens is 2.